The molecule has 4 nitrogen and oxygen atoms in total. The monoisotopic (exact) mass is 343 g/mol. The summed E-state index contributed by atoms with van der Waals surface area (Å²) >= 11 is 1.53. The standard InChI is InChI=1S/C15H18FNO3S2/c1-20-8-7-17(10-14-6-9-21-11-14)22(18,19)12-13-2-4-15(16)5-3-13/h2-6,9,11H,7-8,10,12H2,1H3. The fourth-order valence-electron chi connectivity index (χ4n) is 1.98. The third-order valence-electron chi connectivity index (χ3n) is 3.14. The Kier molecular flexibility index (Phi) is 6.07. The van der Waals surface area contributed by atoms with Crippen LogP contribution in [0.4, 0.5) is 4.39 Å². The van der Waals surface area contributed by atoms with Crippen LogP contribution in [0.2, 0.25) is 0 Å². The molecule has 7 heteroatoms. The Balaban J connectivity index is 2.14. The average Bonchev–Trinajstić information content (AvgIpc) is 2.98. The maximum Gasteiger partial charge on any atom is 0.218 e. The minimum atomic E-state index is -3.50. The van der Waals surface area contributed by atoms with Crippen LogP contribution in [0, 0.1) is 5.82 Å². The van der Waals surface area contributed by atoms with Gasteiger partial charge in [0.05, 0.1) is 12.4 Å². The maximum atomic E-state index is 12.9. The molecule has 2 rings (SSSR count). The van der Waals surface area contributed by atoms with Crippen LogP contribution in [-0.2, 0) is 27.1 Å². The predicted molar refractivity (Wildman–Crippen MR) is 85.6 cm³/mol. The molecule has 0 bridgehead atoms. The fraction of sp³-hybridized carbons (Fsp3) is 0.333. The molecule has 1 heterocycles. The number of nitrogens with zero attached hydrogens (tertiary/aromatic N) is 1. The van der Waals surface area contributed by atoms with Crippen LogP contribution in [0.1, 0.15) is 11.1 Å². The van der Waals surface area contributed by atoms with E-state index in [9.17, 15) is 12.8 Å². The van der Waals surface area contributed by atoms with Crippen molar-refractivity contribution in [3.05, 3.63) is 58.0 Å². The van der Waals surface area contributed by atoms with Gasteiger partial charge in [-0.05, 0) is 40.1 Å². The molecule has 0 radical (unpaired) electrons. The molecule has 1 aromatic carbocycles. The first-order chi connectivity index (χ1) is 10.5. The van der Waals surface area contributed by atoms with Gasteiger partial charge in [-0.3, -0.25) is 0 Å². The Bertz CT molecular complexity index is 669. The molecule has 0 saturated heterocycles. The van der Waals surface area contributed by atoms with E-state index < -0.39 is 10.0 Å². The van der Waals surface area contributed by atoms with Crippen molar-refractivity contribution in [3.8, 4) is 0 Å². The van der Waals surface area contributed by atoms with Gasteiger partial charge in [0, 0.05) is 20.2 Å². The zero-order valence-electron chi connectivity index (χ0n) is 12.2. The molecule has 0 atom stereocenters. The Morgan fingerprint density at radius 1 is 1.18 bits per heavy atom. The minimum absolute atomic E-state index is 0.152. The highest BCUT2D eigenvalue weighted by atomic mass is 32.2. The number of methoxy groups -OCH3 is 1. The van der Waals surface area contributed by atoms with E-state index in [4.69, 9.17) is 4.74 Å². The first-order valence-electron chi connectivity index (χ1n) is 6.73. The molecule has 0 N–H and O–H groups in total. The lowest BCUT2D eigenvalue weighted by atomic mass is 10.2. The van der Waals surface area contributed by atoms with E-state index in [-0.39, 0.29) is 18.1 Å². The third kappa shape index (κ3) is 4.88. The van der Waals surface area contributed by atoms with Crippen molar-refractivity contribution in [2.45, 2.75) is 12.3 Å². The molecular formula is C15H18FNO3S2. The molecule has 0 aliphatic carbocycles. The number of thiophene rings is 1. The lowest BCUT2D eigenvalue weighted by molar-refractivity contribution is 0.177. The van der Waals surface area contributed by atoms with E-state index >= 15 is 0 Å². The second-order valence-electron chi connectivity index (χ2n) is 4.84. The quantitative estimate of drug-likeness (QED) is 0.740. The number of benzene rings is 1. The van der Waals surface area contributed by atoms with Crippen molar-refractivity contribution in [1.29, 1.82) is 0 Å². The summed E-state index contributed by atoms with van der Waals surface area (Å²) < 4.78 is 44.5. The summed E-state index contributed by atoms with van der Waals surface area (Å²) in [5, 5.41) is 3.84. The van der Waals surface area contributed by atoms with E-state index in [2.05, 4.69) is 0 Å². The number of hydrogen-bond acceptors (Lipinski definition) is 4. The van der Waals surface area contributed by atoms with E-state index in [1.54, 1.807) is 0 Å². The first-order valence-corrected chi connectivity index (χ1v) is 9.29. The second-order valence-corrected chi connectivity index (χ2v) is 7.59. The average molecular weight is 343 g/mol. The summed E-state index contributed by atoms with van der Waals surface area (Å²) in [7, 11) is -1.96. The summed E-state index contributed by atoms with van der Waals surface area (Å²) in [6.07, 6.45) is 0. The molecule has 0 aliphatic heterocycles. The lowest BCUT2D eigenvalue weighted by Gasteiger charge is -2.21. The molecule has 0 saturated carbocycles. The second kappa shape index (κ2) is 7.82. The fourth-order valence-corrected chi connectivity index (χ4v) is 4.13. The van der Waals surface area contributed by atoms with E-state index in [0.717, 1.165) is 5.56 Å². The van der Waals surface area contributed by atoms with Crippen LogP contribution in [0.25, 0.3) is 0 Å². The largest absolute Gasteiger partial charge is 0.383 e. The number of ether oxygens (including phenoxy) is 1. The van der Waals surface area contributed by atoms with E-state index in [1.165, 1.54) is 47.0 Å². The van der Waals surface area contributed by atoms with Crippen molar-refractivity contribution in [3.63, 3.8) is 0 Å². The van der Waals surface area contributed by atoms with E-state index in [1.807, 2.05) is 16.8 Å². The van der Waals surface area contributed by atoms with Gasteiger partial charge < -0.3 is 4.74 Å². The molecule has 2 aromatic rings. The molecule has 22 heavy (non-hydrogen) atoms. The van der Waals surface area contributed by atoms with Gasteiger partial charge in [0.15, 0.2) is 0 Å². The van der Waals surface area contributed by atoms with Crippen LogP contribution in [0.3, 0.4) is 0 Å². The summed E-state index contributed by atoms with van der Waals surface area (Å²) in [6.45, 7) is 0.930. The van der Waals surface area contributed by atoms with Gasteiger partial charge in [-0.25, -0.2) is 12.8 Å². The highest BCUT2D eigenvalue weighted by Gasteiger charge is 2.22. The number of rotatable bonds is 8. The van der Waals surface area contributed by atoms with Gasteiger partial charge in [0.2, 0.25) is 10.0 Å². The normalized spacial score (nSPS) is 12.0. The Labute approximate surface area is 134 Å². The van der Waals surface area contributed by atoms with Crippen LogP contribution in [-0.4, -0.2) is 33.0 Å². The lowest BCUT2D eigenvalue weighted by Crippen LogP contribution is -2.34. The van der Waals surface area contributed by atoms with Crippen LogP contribution < -0.4 is 0 Å². The minimum Gasteiger partial charge on any atom is -0.383 e. The summed E-state index contributed by atoms with van der Waals surface area (Å²) in [4.78, 5) is 0. The van der Waals surface area contributed by atoms with E-state index in [0.29, 0.717) is 18.7 Å². The SMILES string of the molecule is COCCN(Cc1ccsc1)S(=O)(=O)Cc1ccc(F)cc1. The molecule has 0 spiro atoms. The molecule has 1 aromatic heterocycles. The summed E-state index contributed by atoms with van der Waals surface area (Å²) in [5.74, 6) is -0.531. The molecule has 0 unspecified atom stereocenters. The Hall–Kier alpha value is -1.28. The van der Waals surface area contributed by atoms with Gasteiger partial charge in [-0.2, -0.15) is 15.6 Å². The Morgan fingerprint density at radius 3 is 2.50 bits per heavy atom. The molecule has 0 fully saturated rings. The first kappa shape index (κ1) is 17.1. The van der Waals surface area contributed by atoms with Gasteiger partial charge in [0.1, 0.15) is 5.82 Å². The zero-order chi connectivity index (χ0) is 16.0. The highest BCUT2D eigenvalue weighted by Crippen LogP contribution is 2.16. The Morgan fingerprint density at radius 2 is 1.91 bits per heavy atom. The molecule has 120 valence electrons. The van der Waals surface area contributed by atoms with Gasteiger partial charge >= 0.3 is 0 Å². The van der Waals surface area contributed by atoms with Crippen molar-refractivity contribution < 1.29 is 17.5 Å². The number of hydrogen-bond donors (Lipinski definition) is 0. The summed E-state index contributed by atoms with van der Waals surface area (Å²) in [5.41, 5.74) is 1.51. The maximum absolute atomic E-state index is 12.9. The highest BCUT2D eigenvalue weighted by molar-refractivity contribution is 7.88. The smallest absolute Gasteiger partial charge is 0.218 e. The van der Waals surface area contributed by atoms with Crippen LogP contribution in [0.5, 0.6) is 0 Å². The summed E-state index contributed by atoms with van der Waals surface area (Å²) in [6, 6.07) is 7.42. The van der Waals surface area contributed by atoms with Crippen molar-refractivity contribution in [2.24, 2.45) is 0 Å². The molecule has 0 aliphatic rings. The van der Waals surface area contributed by atoms with Gasteiger partial charge in [-0.15, -0.1) is 0 Å². The third-order valence-corrected chi connectivity index (χ3v) is 5.67. The van der Waals surface area contributed by atoms with Crippen molar-refractivity contribution in [1.82, 2.24) is 4.31 Å². The molecule has 0 amide bonds. The topological polar surface area (TPSA) is 46.6 Å². The van der Waals surface area contributed by atoms with Crippen LogP contribution >= 0.6 is 11.3 Å². The number of halogens is 1. The van der Waals surface area contributed by atoms with Crippen molar-refractivity contribution in [2.75, 3.05) is 20.3 Å². The zero-order valence-corrected chi connectivity index (χ0v) is 13.9. The number of sulfonamides is 1. The van der Waals surface area contributed by atoms with Gasteiger partial charge in [-0.1, -0.05) is 12.1 Å². The van der Waals surface area contributed by atoms with Gasteiger partial charge in [0.25, 0.3) is 0 Å². The molecular weight excluding hydrogens is 325 g/mol. The van der Waals surface area contributed by atoms with Crippen LogP contribution in [0.15, 0.2) is 41.1 Å². The van der Waals surface area contributed by atoms with Crippen molar-refractivity contribution >= 4 is 21.4 Å². The predicted octanol–water partition coefficient (Wildman–Crippen LogP) is 2.87.